The highest BCUT2D eigenvalue weighted by Gasteiger charge is 2.16. The van der Waals surface area contributed by atoms with Gasteiger partial charge < -0.3 is 10.1 Å². The monoisotopic (exact) mass is 377 g/mol. The molecule has 4 heteroatoms. The third kappa shape index (κ3) is 6.19. The molecule has 0 aliphatic heterocycles. The molecule has 0 aromatic heterocycles. The zero-order valence-electron chi connectivity index (χ0n) is 15.1. The van der Waals surface area contributed by atoms with Crippen molar-refractivity contribution in [3.05, 3.63) is 102 Å². The Kier molecular flexibility index (Phi) is 7.36. The normalized spacial score (nSPS) is 10.6. The van der Waals surface area contributed by atoms with Crippen LogP contribution in [0, 0.1) is 0 Å². The van der Waals surface area contributed by atoms with Gasteiger partial charge in [0.2, 0.25) is 5.91 Å². The predicted octanol–water partition coefficient (Wildman–Crippen LogP) is 4.70. The van der Waals surface area contributed by atoms with Crippen LogP contribution in [0.25, 0.3) is 0 Å². The van der Waals surface area contributed by atoms with Crippen molar-refractivity contribution < 1.29 is 9.53 Å². The van der Waals surface area contributed by atoms with Crippen LogP contribution in [0.4, 0.5) is 0 Å². The van der Waals surface area contributed by atoms with E-state index in [9.17, 15) is 4.79 Å². The number of thioether (sulfide) groups is 1. The topological polar surface area (TPSA) is 38.3 Å². The zero-order chi connectivity index (χ0) is 18.7. The largest absolute Gasteiger partial charge is 0.492 e. The Morgan fingerprint density at radius 1 is 0.815 bits per heavy atom. The van der Waals surface area contributed by atoms with Gasteiger partial charge in [-0.1, -0.05) is 78.9 Å². The van der Waals surface area contributed by atoms with Gasteiger partial charge in [0, 0.05) is 0 Å². The minimum Gasteiger partial charge on any atom is -0.492 e. The number of hydrogen-bond donors (Lipinski definition) is 1. The summed E-state index contributed by atoms with van der Waals surface area (Å²) in [5.41, 5.74) is 2.41. The van der Waals surface area contributed by atoms with E-state index in [4.69, 9.17) is 4.74 Å². The summed E-state index contributed by atoms with van der Waals surface area (Å²) in [6.07, 6.45) is 0. The van der Waals surface area contributed by atoms with E-state index in [1.54, 1.807) is 11.8 Å². The minimum absolute atomic E-state index is 0.0218. The molecule has 0 saturated carbocycles. The smallest absolute Gasteiger partial charge is 0.230 e. The second-order valence-electron chi connectivity index (χ2n) is 6.02. The van der Waals surface area contributed by atoms with Gasteiger partial charge in [0.25, 0.3) is 0 Å². The van der Waals surface area contributed by atoms with Crippen LogP contribution >= 0.6 is 11.8 Å². The number of hydrogen-bond acceptors (Lipinski definition) is 3. The van der Waals surface area contributed by atoms with Crippen LogP contribution in [0.2, 0.25) is 0 Å². The van der Waals surface area contributed by atoms with Crippen LogP contribution in [0.5, 0.6) is 5.75 Å². The summed E-state index contributed by atoms with van der Waals surface area (Å²) in [6, 6.07) is 30.2. The van der Waals surface area contributed by atoms with Gasteiger partial charge in [0.1, 0.15) is 12.4 Å². The second kappa shape index (κ2) is 10.4. The van der Waals surface area contributed by atoms with E-state index < -0.39 is 0 Å². The number of amides is 1. The Morgan fingerprint density at radius 2 is 1.33 bits per heavy atom. The van der Waals surface area contributed by atoms with Crippen molar-refractivity contribution in [1.29, 1.82) is 0 Å². The molecule has 3 rings (SSSR count). The van der Waals surface area contributed by atoms with Gasteiger partial charge in [-0.05, 0) is 23.3 Å². The number of carbonyl (C=O) groups excluding carboxylic acids is 1. The third-order valence-electron chi connectivity index (χ3n) is 4.02. The summed E-state index contributed by atoms with van der Waals surface area (Å²) in [5, 5.41) is 3.06. The molecule has 0 fully saturated rings. The first-order chi connectivity index (χ1) is 13.3. The molecule has 0 spiro atoms. The zero-order valence-corrected chi connectivity index (χ0v) is 15.9. The summed E-state index contributed by atoms with van der Waals surface area (Å²) in [5.74, 6) is 1.24. The number of rotatable bonds is 9. The van der Waals surface area contributed by atoms with Gasteiger partial charge in [0.05, 0.1) is 17.5 Å². The maximum atomic E-state index is 12.2. The molecule has 0 aliphatic carbocycles. The molecule has 0 atom stereocenters. The molecule has 138 valence electrons. The van der Waals surface area contributed by atoms with Gasteiger partial charge in [-0.15, -0.1) is 11.8 Å². The highest BCUT2D eigenvalue weighted by atomic mass is 32.2. The lowest BCUT2D eigenvalue weighted by Gasteiger charge is -2.17. The van der Waals surface area contributed by atoms with Crippen molar-refractivity contribution in [3.8, 4) is 5.75 Å². The van der Waals surface area contributed by atoms with Crippen molar-refractivity contribution in [2.24, 2.45) is 0 Å². The molecule has 3 aromatic rings. The highest BCUT2D eigenvalue weighted by Crippen LogP contribution is 2.35. The maximum absolute atomic E-state index is 12.2. The summed E-state index contributed by atoms with van der Waals surface area (Å²) >= 11 is 1.64. The lowest BCUT2D eigenvalue weighted by atomic mass is 10.0. The van der Waals surface area contributed by atoms with Crippen LogP contribution < -0.4 is 10.1 Å². The van der Waals surface area contributed by atoms with E-state index in [-0.39, 0.29) is 11.2 Å². The summed E-state index contributed by atoms with van der Waals surface area (Å²) in [7, 11) is 0. The van der Waals surface area contributed by atoms with E-state index in [1.807, 2.05) is 66.7 Å². The quantitative estimate of drug-likeness (QED) is 0.549. The first kappa shape index (κ1) is 19.1. The van der Waals surface area contributed by atoms with Crippen molar-refractivity contribution in [1.82, 2.24) is 5.32 Å². The molecule has 0 radical (unpaired) electrons. The SMILES string of the molecule is O=C(CSC(c1ccccc1)c1ccccc1)NCCOc1ccccc1. The molecular weight excluding hydrogens is 354 g/mol. The molecule has 3 aromatic carbocycles. The first-order valence-corrected chi connectivity index (χ1v) is 10.0. The van der Waals surface area contributed by atoms with E-state index in [0.29, 0.717) is 18.9 Å². The van der Waals surface area contributed by atoms with Crippen LogP contribution in [-0.4, -0.2) is 24.8 Å². The molecular formula is C23H23NO2S. The number of para-hydroxylation sites is 1. The van der Waals surface area contributed by atoms with Crippen molar-refractivity contribution in [2.75, 3.05) is 18.9 Å². The number of carbonyl (C=O) groups is 1. The van der Waals surface area contributed by atoms with Crippen molar-refractivity contribution in [3.63, 3.8) is 0 Å². The average Bonchev–Trinajstić information content (AvgIpc) is 2.74. The van der Waals surface area contributed by atoms with E-state index >= 15 is 0 Å². The molecule has 0 unspecified atom stereocenters. The molecule has 3 nitrogen and oxygen atoms in total. The Hall–Kier alpha value is -2.72. The van der Waals surface area contributed by atoms with E-state index in [0.717, 1.165) is 5.75 Å². The maximum Gasteiger partial charge on any atom is 0.230 e. The Morgan fingerprint density at radius 3 is 1.89 bits per heavy atom. The fourth-order valence-electron chi connectivity index (χ4n) is 2.73. The minimum atomic E-state index is 0.0218. The van der Waals surface area contributed by atoms with Gasteiger partial charge in [-0.3, -0.25) is 4.79 Å². The van der Waals surface area contributed by atoms with E-state index in [2.05, 4.69) is 29.6 Å². The summed E-state index contributed by atoms with van der Waals surface area (Å²) < 4.78 is 5.60. The molecule has 0 saturated heterocycles. The standard InChI is InChI=1S/C23H23NO2S/c25-22(24-16-17-26-21-14-8-3-9-15-21)18-27-23(19-10-4-1-5-11-19)20-12-6-2-7-13-20/h1-15,23H,16-18H2,(H,24,25). The first-order valence-electron chi connectivity index (χ1n) is 8.99. The predicted molar refractivity (Wildman–Crippen MR) is 112 cm³/mol. The Labute approximate surface area is 164 Å². The summed E-state index contributed by atoms with van der Waals surface area (Å²) in [4.78, 5) is 12.2. The molecule has 0 heterocycles. The molecule has 1 N–H and O–H groups in total. The van der Waals surface area contributed by atoms with Crippen molar-refractivity contribution >= 4 is 17.7 Å². The molecule has 0 bridgehead atoms. The highest BCUT2D eigenvalue weighted by molar-refractivity contribution is 8.00. The van der Waals surface area contributed by atoms with Gasteiger partial charge in [-0.25, -0.2) is 0 Å². The van der Waals surface area contributed by atoms with E-state index in [1.165, 1.54) is 11.1 Å². The van der Waals surface area contributed by atoms with Gasteiger partial charge in [-0.2, -0.15) is 0 Å². The summed E-state index contributed by atoms with van der Waals surface area (Å²) in [6.45, 7) is 0.955. The van der Waals surface area contributed by atoms with Gasteiger partial charge in [0.15, 0.2) is 0 Å². The van der Waals surface area contributed by atoms with Crippen molar-refractivity contribution in [2.45, 2.75) is 5.25 Å². The lowest BCUT2D eigenvalue weighted by molar-refractivity contribution is -0.118. The lowest BCUT2D eigenvalue weighted by Crippen LogP contribution is -2.29. The molecule has 27 heavy (non-hydrogen) atoms. The van der Waals surface area contributed by atoms with Crippen LogP contribution in [0.3, 0.4) is 0 Å². The number of nitrogens with one attached hydrogen (secondary N) is 1. The van der Waals surface area contributed by atoms with Crippen LogP contribution in [0.15, 0.2) is 91.0 Å². The molecule has 0 aliphatic rings. The second-order valence-corrected chi connectivity index (χ2v) is 7.12. The fraction of sp³-hybridized carbons (Fsp3) is 0.174. The van der Waals surface area contributed by atoms with Gasteiger partial charge >= 0.3 is 0 Å². The number of benzene rings is 3. The van der Waals surface area contributed by atoms with Crippen LogP contribution in [-0.2, 0) is 4.79 Å². The average molecular weight is 378 g/mol. The molecule has 1 amide bonds. The Balaban J connectivity index is 1.49. The Bertz CT molecular complexity index is 770. The third-order valence-corrected chi connectivity index (χ3v) is 5.33. The van der Waals surface area contributed by atoms with Crippen LogP contribution in [0.1, 0.15) is 16.4 Å². The number of ether oxygens (including phenoxy) is 1. The fourth-order valence-corrected chi connectivity index (χ4v) is 3.85.